The number of hydrogen-bond donors (Lipinski definition) is 0. The van der Waals surface area contributed by atoms with E-state index in [-0.39, 0.29) is 17.7 Å². The lowest BCUT2D eigenvalue weighted by Crippen LogP contribution is -1.99. The summed E-state index contributed by atoms with van der Waals surface area (Å²) in [5, 5.41) is 8.55. The summed E-state index contributed by atoms with van der Waals surface area (Å²) in [4.78, 5) is 0. The third-order valence-electron chi connectivity index (χ3n) is 1.91. The van der Waals surface area contributed by atoms with Crippen LogP contribution in [0.2, 0.25) is 0 Å². The molecular weight excluding hydrogens is 265 g/mol. The number of hydrogen-bond acceptors (Lipinski definition) is 3. The van der Waals surface area contributed by atoms with Gasteiger partial charge in [0.25, 0.3) is 0 Å². The van der Waals surface area contributed by atoms with Crippen LogP contribution in [-0.4, -0.2) is 14.2 Å². The Hall–Kier alpha value is -1.28. The van der Waals surface area contributed by atoms with Gasteiger partial charge < -0.3 is 9.47 Å². The van der Waals surface area contributed by atoms with Crippen molar-refractivity contribution in [2.75, 3.05) is 14.2 Å². The van der Waals surface area contributed by atoms with Crippen molar-refractivity contribution in [3.8, 4) is 17.6 Å². The number of nitrogens with zero attached hydrogens (tertiary/aromatic N) is 1. The summed E-state index contributed by atoms with van der Waals surface area (Å²) >= 11 is 3.18. The van der Waals surface area contributed by atoms with E-state index in [1.165, 1.54) is 14.2 Å². The highest BCUT2D eigenvalue weighted by molar-refractivity contribution is 9.10. The second-order valence-corrected chi connectivity index (χ2v) is 3.58. The molecule has 0 atom stereocenters. The predicted molar refractivity (Wildman–Crippen MR) is 56.5 cm³/mol. The van der Waals surface area contributed by atoms with Gasteiger partial charge in [0, 0.05) is 10.0 Å². The van der Waals surface area contributed by atoms with E-state index in [1.807, 2.05) is 6.07 Å². The maximum absolute atomic E-state index is 13.8. The van der Waals surface area contributed by atoms with E-state index in [4.69, 9.17) is 14.7 Å². The van der Waals surface area contributed by atoms with E-state index in [0.717, 1.165) is 0 Å². The molecule has 0 aliphatic heterocycles. The molecule has 0 N–H and O–H groups in total. The summed E-state index contributed by atoms with van der Waals surface area (Å²) in [6, 6.07) is 3.47. The molecule has 0 spiro atoms. The summed E-state index contributed by atoms with van der Waals surface area (Å²) in [5.74, 6) is -0.250. The van der Waals surface area contributed by atoms with Gasteiger partial charge >= 0.3 is 0 Å². The monoisotopic (exact) mass is 273 g/mol. The van der Waals surface area contributed by atoms with E-state index in [1.54, 1.807) is 6.07 Å². The standard InChI is InChI=1S/C10H9BrFNO2/c1-14-8-5-7(11)6(3-4-13)9(12)10(8)15-2/h5H,3H2,1-2H3. The molecule has 0 unspecified atom stereocenters. The zero-order valence-corrected chi connectivity index (χ0v) is 9.89. The molecule has 0 saturated carbocycles. The van der Waals surface area contributed by atoms with E-state index >= 15 is 0 Å². The highest BCUT2D eigenvalue weighted by atomic mass is 79.9. The molecule has 0 radical (unpaired) electrons. The summed E-state index contributed by atoms with van der Waals surface area (Å²) in [6.45, 7) is 0. The fourth-order valence-corrected chi connectivity index (χ4v) is 1.72. The Morgan fingerprint density at radius 1 is 1.47 bits per heavy atom. The van der Waals surface area contributed by atoms with Gasteiger partial charge in [-0.1, -0.05) is 15.9 Å². The Morgan fingerprint density at radius 3 is 2.60 bits per heavy atom. The van der Waals surface area contributed by atoms with Gasteiger partial charge in [0.2, 0.25) is 0 Å². The van der Waals surface area contributed by atoms with E-state index in [9.17, 15) is 4.39 Å². The highest BCUT2D eigenvalue weighted by Crippen LogP contribution is 2.36. The van der Waals surface area contributed by atoms with Crippen molar-refractivity contribution in [2.24, 2.45) is 0 Å². The molecule has 0 bridgehead atoms. The molecule has 1 rings (SSSR count). The van der Waals surface area contributed by atoms with Crippen molar-refractivity contribution in [3.63, 3.8) is 0 Å². The lowest BCUT2D eigenvalue weighted by Gasteiger charge is -2.12. The smallest absolute Gasteiger partial charge is 0.197 e. The predicted octanol–water partition coefficient (Wildman–Crippen LogP) is 2.67. The number of methoxy groups -OCH3 is 2. The minimum Gasteiger partial charge on any atom is -0.493 e. The van der Waals surface area contributed by atoms with Crippen LogP contribution >= 0.6 is 15.9 Å². The van der Waals surface area contributed by atoms with Gasteiger partial charge in [-0.3, -0.25) is 0 Å². The second-order valence-electron chi connectivity index (χ2n) is 2.72. The molecule has 3 nitrogen and oxygen atoms in total. The molecule has 15 heavy (non-hydrogen) atoms. The van der Waals surface area contributed by atoms with Crippen LogP contribution in [0.25, 0.3) is 0 Å². The minimum absolute atomic E-state index is 0.0194. The van der Waals surface area contributed by atoms with Crippen LogP contribution in [0.15, 0.2) is 10.5 Å². The lowest BCUT2D eigenvalue weighted by atomic mass is 10.1. The third kappa shape index (κ3) is 2.21. The average molecular weight is 274 g/mol. The molecule has 1 aromatic carbocycles. The summed E-state index contributed by atoms with van der Waals surface area (Å²) in [6.07, 6.45) is -0.0211. The van der Waals surface area contributed by atoms with Crippen LogP contribution in [0.3, 0.4) is 0 Å². The topological polar surface area (TPSA) is 42.2 Å². The number of nitriles is 1. The summed E-state index contributed by atoms with van der Waals surface area (Å²) in [7, 11) is 2.78. The number of rotatable bonds is 3. The van der Waals surface area contributed by atoms with Gasteiger partial charge in [0.15, 0.2) is 17.3 Å². The maximum atomic E-state index is 13.8. The number of benzene rings is 1. The quantitative estimate of drug-likeness (QED) is 0.851. The molecule has 5 heteroatoms. The first-order valence-electron chi connectivity index (χ1n) is 4.11. The van der Waals surface area contributed by atoms with Crippen molar-refractivity contribution < 1.29 is 13.9 Å². The maximum Gasteiger partial charge on any atom is 0.197 e. The van der Waals surface area contributed by atoms with E-state index in [2.05, 4.69) is 15.9 Å². The first-order chi connectivity index (χ1) is 7.15. The van der Waals surface area contributed by atoms with Crippen molar-refractivity contribution in [1.29, 1.82) is 5.26 Å². The number of halogens is 2. The van der Waals surface area contributed by atoms with Crippen LogP contribution in [0.1, 0.15) is 5.56 Å². The Kier molecular flexibility index (Phi) is 3.92. The molecule has 0 aliphatic carbocycles. The van der Waals surface area contributed by atoms with Gasteiger partial charge in [0.05, 0.1) is 26.7 Å². The Balaban J connectivity index is 3.39. The van der Waals surface area contributed by atoms with Crippen LogP contribution in [0.5, 0.6) is 11.5 Å². The zero-order chi connectivity index (χ0) is 11.4. The minimum atomic E-state index is -0.565. The Labute approximate surface area is 95.5 Å². The molecule has 1 aromatic rings. The van der Waals surface area contributed by atoms with Crippen LogP contribution in [-0.2, 0) is 6.42 Å². The van der Waals surface area contributed by atoms with Crippen molar-refractivity contribution >= 4 is 15.9 Å². The van der Waals surface area contributed by atoms with Gasteiger partial charge in [-0.15, -0.1) is 0 Å². The first kappa shape index (κ1) is 11.8. The largest absolute Gasteiger partial charge is 0.493 e. The molecule has 0 saturated heterocycles. The van der Waals surface area contributed by atoms with Crippen LogP contribution in [0, 0.1) is 17.1 Å². The van der Waals surface area contributed by atoms with Gasteiger partial charge in [-0.25, -0.2) is 4.39 Å². The molecule has 0 aliphatic rings. The summed E-state index contributed by atoms with van der Waals surface area (Å²) < 4.78 is 24.1. The van der Waals surface area contributed by atoms with E-state index < -0.39 is 5.82 Å². The van der Waals surface area contributed by atoms with Crippen LogP contribution < -0.4 is 9.47 Å². The first-order valence-corrected chi connectivity index (χ1v) is 4.90. The molecule has 0 amide bonds. The Bertz CT molecular complexity index is 415. The summed E-state index contributed by atoms with van der Waals surface area (Å²) in [5.41, 5.74) is 0.273. The van der Waals surface area contributed by atoms with Crippen molar-refractivity contribution in [3.05, 3.63) is 21.9 Å². The van der Waals surface area contributed by atoms with Crippen LogP contribution in [0.4, 0.5) is 4.39 Å². The molecule has 0 heterocycles. The lowest BCUT2D eigenvalue weighted by molar-refractivity contribution is 0.336. The van der Waals surface area contributed by atoms with Gasteiger partial charge in [0.1, 0.15) is 0 Å². The normalized spacial score (nSPS) is 9.53. The van der Waals surface area contributed by atoms with Gasteiger partial charge in [-0.05, 0) is 6.07 Å². The average Bonchev–Trinajstić information content (AvgIpc) is 2.23. The van der Waals surface area contributed by atoms with E-state index in [0.29, 0.717) is 10.2 Å². The third-order valence-corrected chi connectivity index (χ3v) is 2.62. The van der Waals surface area contributed by atoms with Crippen molar-refractivity contribution in [1.82, 2.24) is 0 Å². The fraction of sp³-hybridized carbons (Fsp3) is 0.300. The zero-order valence-electron chi connectivity index (χ0n) is 8.30. The van der Waals surface area contributed by atoms with Crippen molar-refractivity contribution in [2.45, 2.75) is 6.42 Å². The van der Waals surface area contributed by atoms with Gasteiger partial charge in [-0.2, -0.15) is 5.26 Å². The molecule has 0 fully saturated rings. The molecule has 0 aromatic heterocycles. The highest BCUT2D eigenvalue weighted by Gasteiger charge is 2.18. The molecule has 80 valence electrons. The molecular formula is C10H9BrFNO2. The number of ether oxygens (including phenoxy) is 2. The second kappa shape index (κ2) is 4.99. The SMILES string of the molecule is COc1cc(Br)c(CC#N)c(F)c1OC. The Morgan fingerprint density at radius 2 is 2.13 bits per heavy atom. The fourth-order valence-electron chi connectivity index (χ4n) is 1.20.